The molecule has 2 rings (SSSR count). The fraction of sp³-hybridized carbons (Fsp3) is 0.385. The first-order chi connectivity index (χ1) is 9.47. The van der Waals surface area contributed by atoms with E-state index in [1.54, 1.807) is 18.2 Å². The molecule has 1 aliphatic heterocycles. The molecule has 1 aromatic rings. The smallest absolute Gasteiger partial charge is 0.231 e. The predicted octanol–water partition coefficient (Wildman–Crippen LogP) is 1.21. The summed E-state index contributed by atoms with van der Waals surface area (Å²) in [6, 6.07) is 4.58. The lowest BCUT2D eigenvalue weighted by Gasteiger charge is -2.14. The van der Waals surface area contributed by atoms with Crippen molar-refractivity contribution in [2.24, 2.45) is 11.7 Å². The molecule has 1 aliphatic rings. The quantitative estimate of drug-likeness (QED) is 0.782. The van der Waals surface area contributed by atoms with Crippen molar-refractivity contribution in [3.63, 3.8) is 0 Å². The first-order valence-corrected chi connectivity index (χ1v) is 6.56. The Morgan fingerprint density at radius 1 is 1.35 bits per heavy atom. The van der Waals surface area contributed by atoms with E-state index in [1.807, 2.05) is 0 Å². The lowest BCUT2D eigenvalue weighted by molar-refractivity contribution is -0.120. The Hall–Kier alpha value is -1.63. The van der Waals surface area contributed by atoms with Crippen LogP contribution in [0.15, 0.2) is 18.2 Å². The van der Waals surface area contributed by atoms with Crippen molar-refractivity contribution in [1.82, 2.24) is 0 Å². The van der Waals surface area contributed by atoms with Gasteiger partial charge in [0, 0.05) is 18.7 Å². The molecule has 1 aromatic carbocycles. The van der Waals surface area contributed by atoms with Crippen LogP contribution in [0, 0.1) is 5.92 Å². The third-order valence-corrected chi connectivity index (χ3v) is 3.32. The zero-order valence-electron chi connectivity index (χ0n) is 11.0. The second-order valence-electron chi connectivity index (χ2n) is 4.67. The molecule has 108 valence electrons. The van der Waals surface area contributed by atoms with Gasteiger partial charge in [-0.05, 0) is 18.2 Å². The first kappa shape index (κ1) is 14.8. The van der Waals surface area contributed by atoms with E-state index in [-0.39, 0.29) is 23.8 Å². The van der Waals surface area contributed by atoms with Crippen molar-refractivity contribution in [3.8, 4) is 0 Å². The van der Waals surface area contributed by atoms with Gasteiger partial charge in [0.2, 0.25) is 11.8 Å². The normalized spacial score (nSPS) is 21.6. The van der Waals surface area contributed by atoms with Gasteiger partial charge in [0.05, 0.1) is 29.8 Å². The maximum Gasteiger partial charge on any atom is 0.231 e. The van der Waals surface area contributed by atoms with E-state index >= 15 is 0 Å². The average molecular weight is 298 g/mol. The molecule has 1 saturated heterocycles. The molecule has 20 heavy (non-hydrogen) atoms. The molecule has 4 N–H and O–H groups in total. The molecular weight excluding hydrogens is 282 g/mol. The average Bonchev–Trinajstić information content (AvgIpc) is 2.78. The minimum atomic E-state index is -0.358. The zero-order chi connectivity index (χ0) is 14.7. The maximum absolute atomic E-state index is 12.0. The third-order valence-electron chi connectivity index (χ3n) is 3.01. The van der Waals surface area contributed by atoms with Gasteiger partial charge >= 0.3 is 0 Å². The number of amides is 2. The summed E-state index contributed by atoms with van der Waals surface area (Å²) in [6.45, 7) is 2.11. The molecule has 2 amide bonds. The van der Waals surface area contributed by atoms with Crippen LogP contribution >= 0.6 is 11.6 Å². The highest BCUT2D eigenvalue weighted by Gasteiger charge is 2.31. The van der Waals surface area contributed by atoms with E-state index in [2.05, 4.69) is 10.6 Å². The Morgan fingerprint density at radius 3 is 2.65 bits per heavy atom. The minimum Gasteiger partial charge on any atom is -0.379 e. The Morgan fingerprint density at radius 2 is 2.10 bits per heavy atom. The van der Waals surface area contributed by atoms with Gasteiger partial charge in [0.15, 0.2) is 0 Å². The summed E-state index contributed by atoms with van der Waals surface area (Å²) in [5.74, 6) is -0.764. The molecule has 0 aromatic heterocycles. The largest absolute Gasteiger partial charge is 0.379 e. The van der Waals surface area contributed by atoms with Gasteiger partial charge in [-0.15, -0.1) is 0 Å². The number of rotatable bonds is 3. The van der Waals surface area contributed by atoms with Gasteiger partial charge in [-0.2, -0.15) is 0 Å². The van der Waals surface area contributed by atoms with Crippen LogP contribution in [0.5, 0.6) is 0 Å². The van der Waals surface area contributed by atoms with Crippen molar-refractivity contribution in [1.29, 1.82) is 0 Å². The zero-order valence-corrected chi connectivity index (χ0v) is 11.7. The summed E-state index contributed by atoms with van der Waals surface area (Å²) >= 11 is 6.03. The van der Waals surface area contributed by atoms with Crippen LogP contribution in [-0.2, 0) is 14.3 Å². The molecular formula is C13H16ClN3O3. The molecule has 2 unspecified atom stereocenters. The fourth-order valence-electron chi connectivity index (χ4n) is 1.96. The van der Waals surface area contributed by atoms with Crippen molar-refractivity contribution in [2.45, 2.75) is 13.0 Å². The Balaban J connectivity index is 2.04. The van der Waals surface area contributed by atoms with E-state index in [9.17, 15) is 9.59 Å². The number of hydrogen-bond acceptors (Lipinski definition) is 4. The van der Waals surface area contributed by atoms with Crippen LogP contribution in [0.4, 0.5) is 11.4 Å². The van der Waals surface area contributed by atoms with E-state index in [1.165, 1.54) is 6.92 Å². The van der Waals surface area contributed by atoms with Crippen LogP contribution in [0.1, 0.15) is 6.92 Å². The van der Waals surface area contributed by atoms with Crippen LogP contribution in [0.25, 0.3) is 0 Å². The number of ether oxygens (including phenoxy) is 1. The number of carbonyl (C=O) groups is 2. The highest BCUT2D eigenvalue weighted by atomic mass is 35.5. The SMILES string of the molecule is CC(=O)Nc1ccc(NC(=O)C2COCC2N)cc1Cl. The van der Waals surface area contributed by atoms with Crippen molar-refractivity contribution in [2.75, 3.05) is 23.8 Å². The lowest BCUT2D eigenvalue weighted by Crippen LogP contribution is -2.37. The van der Waals surface area contributed by atoms with Gasteiger partial charge in [0.1, 0.15) is 0 Å². The predicted molar refractivity (Wildman–Crippen MR) is 76.7 cm³/mol. The Labute approximate surface area is 121 Å². The number of nitrogens with two attached hydrogens (primary N) is 1. The van der Waals surface area contributed by atoms with Gasteiger partial charge < -0.3 is 21.1 Å². The highest BCUT2D eigenvalue weighted by molar-refractivity contribution is 6.34. The summed E-state index contributed by atoms with van der Waals surface area (Å²) in [5, 5.41) is 5.68. The van der Waals surface area contributed by atoms with Gasteiger partial charge in [-0.3, -0.25) is 9.59 Å². The maximum atomic E-state index is 12.0. The summed E-state index contributed by atoms with van der Waals surface area (Å²) in [4.78, 5) is 23.0. The van der Waals surface area contributed by atoms with Gasteiger partial charge in [0.25, 0.3) is 0 Å². The highest BCUT2D eigenvalue weighted by Crippen LogP contribution is 2.26. The number of anilines is 2. The summed E-state index contributed by atoms with van der Waals surface area (Å²) in [5.41, 5.74) is 6.83. The first-order valence-electron chi connectivity index (χ1n) is 6.18. The second kappa shape index (κ2) is 6.21. The van der Waals surface area contributed by atoms with Gasteiger partial charge in [-0.1, -0.05) is 11.6 Å². The van der Waals surface area contributed by atoms with Gasteiger partial charge in [-0.25, -0.2) is 0 Å². The molecule has 1 fully saturated rings. The monoisotopic (exact) mass is 297 g/mol. The lowest BCUT2D eigenvalue weighted by atomic mass is 10.0. The number of hydrogen-bond donors (Lipinski definition) is 3. The molecule has 0 spiro atoms. The van der Waals surface area contributed by atoms with E-state index in [0.29, 0.717) is 29.6 Å². The molecule has 0 bridgehead atoms. The standard InChI is InChI=1S/C13H16ClN3O3/c1-7(18)16-12-3-2-8(4-10(12)14)17-13(19)9-5-20-6-11(9)15/h2-4,9,11H,5-6,15H2,1H3,(H,16,18)(H,17,19). The van der Waals surface area contributed by atoms with Crippen molar-refractivity contribution in [3.05, 3.63) is 23.2 Å². The Kier molecular flexibility index (Phi) is 4.59. The summed E-state index contributed by atoms with van der Waals surface area (Å²) < 4.78 is 5.16. The minimum absolute atomic E-state index is 0.196. The molecule has 0 radical (unpaired) electrons. The molecule has 1 heterocycles. The molecule has 7 heteroatoms. The fourth-order valence-corrected chi connectivity index (χ4v) is 2.19. The van der Waals surface area contributed by atoms with Crippen LogP contribution in [-0.4, -0.2) is 31.1 Å². The second-order valence-corrected chi connectivity index (χ2v) is 5.08. The van der Waals surface area contributed by atoms with E-state index in [0.717, 1.165) is 0 Å². The summed E-state index contributed by atoms with van der Waals surface area (Å²) in [7, 11) is 0. The van der Waals surface area contributed by atoms with Crippen LogP contribution in [0.3, 0.4) is 0 Å². The topological polar surface area (TPSA) is 93.5 Å². The van der Waals surface area contributed by atoms with Crippen LogP contribution < -0.4 is 16.4 Å². The van der Waals surface area contributed by atoms with Crippen molar-refractivity contribution >= 4 is 34.8 Å². The molecule has 0 saturated carbocycles. The Bertz CT molecular complexity index is 536. The molecule has 2 atom stereocenters. The number of benzene rings is 1. The number of carbonyl (C=O) groups excluding carboxylic acids is 2. The number of nitrogens with one attached hydrogen (secondary N) is 2. The van der Waals surface area contributed by atoms with Crippen LogP contribution in [0.2, 0.25) is 5.02 Å². The number of halogens is 1. The van der Waals surface area contributed by atoms with E-state index in [4.69, 9.17) is 22.1 Å². The van der Waals surface area contributed by atoms with E-state index < -0.39 is 0 Å². The summed E-state index contributed by atoms with van der Waals surface area (Å²) in [6.07, 6.45) is 0. The van der Waals surface area contributed by atoms with Crippen molar-refractivity contribution < 1.29 is 14.3 Å². The third kappa shape index (κ3) is 3.47. The molecule has 0 aliphatic carbocycles. The molecule has 6 nitrogen and oxygen atoms in total.